The molecule has 0 bridgehead atoms. The molecule has 3 aromatic carbocycles. The number of hydrogen-bond acceptors (Lipinski definition) is 7. The molecule has 0 amide bonds. The van der Waals surface area contributed by atoms with E-state index in [1.165, 1.54) is 0 Å². The van der Waals surface area contributed by atoms with Gasteiger partial charge in [0, 0.05) is 17.2 Å². The number of methoxy groups -OCH3 is 2. The summed E-state index contributed by atoms with van der Waals surface area (Å²) in [5.74, 6) is 1.28. The highest BCUT2D eigenvalue weighted by Gasteiger charge is 2.30. The topological polar surface area (TPSA) is 80.3 Å². The largest absolute Gasteiger partial charge is 0.497 e. The van der Waals surface area contributed by atoms with Gasteiger partial charge >= 0.3 is 5.97 Å². The highest BCUT2D eigenvalue weighted by atomic mass is 16.6. The Morgan fingerprint density at radius 3 is 2.44 bits per heavy atom. The Balaban J connectivity index is 1.61. The molecule has 1 aliphatic rings. The normalized spacial score (nSPS) is 14.2. The molecule has 0 unspecified atom stereocenters. The molecular formula is C27H24O7. The Kier molecular flexibility index (Phi) is 6.82. The molecular weight excluding hydrogens is 436 g/mol. The van der Waals surface area contributed by atoms with E-state index < -0.39 is 12.1 Å². The first-order chi connectivity index (χ1) is 16.5. The summed E-state index contributed by atoms with van der Waals surface area (Å²) < 4.78 is 27.7. The third-order valence-corrected chi connectivity index (χ3v) is 5.22. The zero-order chi connectivity index (χ0) is 24.1. The summed E-state index contributed by atoms with van der Waals surface area (Å²) in [5, 5.41) is 0. The quantitative estimate of drug-likeness (QED) is 0.346. The van der Waals surface area contributed by atoms with E-state index in [2.05, 4.69) is 0 Å². The molecule has 1 heterocycles. The van der Waals surface area contributed by atoms with E-state index >= 15 is 0 Å². The highest BCUT2D eigenvalue weighted by Crippen LogP contribution is 2.37. The van der Waals surface area contributed by atoms with Crippen molar-refractivity contribution in [2.75, 3.05) is 20.8 Å². The van der Waals surface area contributed by atoms with Gasteiger partial charge in [-0.05, 0) is 43.3 Å². The lowest BCUT2D eigenvalue weighted by Crippen LogP contribution is -2.21. The van der Waals surface area contributed by atoms with Crippen molar-refractivity contribution in [3.05, 3.63) is 89.2 Å². The number of ketones is 1. The number of esters is 1. The van der Waals surface area contributed by atoms with Crippen LogP contribution in [0.5, 0.6) is 23.0 Å². The maximum atomic E-state index is 12.9. The van der Waals surface area contributed by atoms with Crippen LogP contribution in [0.4, 0.5) is 0 Å². The second-order valence-electron chi connectivity index (χ2n) is 7.37. The monoisotopic (exact) mass is 460 g/mol. The summed E-state index contributed by atoms with van der Waals surface area (Å²) in [6, 6.07) is 19.2. The molecule has 7 heteroatoms. The van der Waals surface area contributed by atoms with Gasteiger partial charge in [0.2, 0.25) is 11.9 Å². The summed E-state index contributed by atoms with van der Waals surface area (Å²) in [6.45, 7) is 1.97. The second-order valence-corrected chi connectivity index (χ2v) is 7.37. The van der Waals surface area contributed by atoms with Gasteiger partial charge in [0.05, 0.1) is 26.4 Å². The van der Waals surface area contributed by atoms with Crippen molar-refractivity contribution in [3.8, 4) is 23.0 Å². The SMILES string of the molecule is CCOC(=O)[C@H](Oc1ccc2c(c1)OC(=Cc1cc(OC)ccc1OC)C2=O)c1ccccc1. The number of allylic oxidation sites excluding steroid dienone is 1. The van der Waals surface area contributed by atoms with E-state index in [4.69, 9.17) is 23.7 Å². The van der Waals surface area contributed by atoms with Crippen LogP contribution >= 0.6 is 0 Å². The Bertz CT molecular complexity index is 1230. The van der Waals surface area contributed by atoms with Crippen molar-refractivity contribution in [2.24, 2.45) is 0 Å². The molecule has 0 aliphatic carbocycles. The number of Topliss-reactive ketones (excluding diaryl/α,β-unsaturated/α-hetero) is 1. The van der Waals surface area contributed by atoms with Crippen molar-refractivity contribution in [3.63, 3.8) is 0 Å². The maximum Gasteiger partial charge on any atom is 0.352 e. The number of ether oxygens (including phenoxy) is 5. The summed E-state index contributed by atoms with van der Waals surface area (Å²) in [7, 11) is 3.11. The summed E-state index contributed by atoms with van der Waals surface area (Å²) in [6.07, 6.45) is 0.655. The lowest BCUT2D eigenvalue weighted by molar-refractivity contribution is -0.151. The molecule has 3 aromatic rings. The fourth-order valence-corrected chi connectivity index (χ4v) is 3.57. The number of benzene rings is 3. The Labute approximate surface area is 197 Å². The smallest absolute Gasteiger partial charge is 0.352 e. The maximum absolute atomic E-state index is 12.9. The van der Waals surface area contributed by atoms with E-state index in [1.54, 1.807) is 75.8 Å². The fraction of sp³-hybridized carbons (Fsp3) is 0.185. The van der Waals surface area contributed by atoms with Gasteiger partial charge in [-0.3, -0.25) is 4.79 Å². The Morgan fingerprint density at radius 2 is 1.74 bits per heavy atom. The average molecular weight is 460 g/mol. The summed E-state index contributed by atoms with van der Waals surface area (Å²) >= 11 is 0. The lowest BCUT2D eigenvalue weighted by Gasteiger charge is -2.18. The molecule has 0 aromatic heterocycles. The number of carbonyl (C=O) groups is 2. The van der Waals surface area contributed by atoms with Gasteiger partial charge in [0.25, 0.3) is 0 Å². The van der Waals surface area contributed by atoms with Gasteiger partial charge in [0.15, 0.2) is 5.76 Å². The summed E-state index contributed by atoms with van der Waals surface area (Å²) in [5.41, 5.74) is 1.69. The molecule has 1 atom stereocenters. The van der Waals surface area contributed by atoms with E-state index in [-0.39, 0.29) is 18.1 Å². The molecule has 34 heavy (non-hydrogen) atoms. The summed E-state index contributed by atoms with van der Waals surface area (Å²) in [4.78, 5) is 25.5. The molecule has 7 nitrogen and oxygen atoms in total. The van der Waals surface area contributed by atoms with Crippen molar-refractivity contribution in [1.29, 1.82) is 0 Å². The third kappa shape index (κ3) is 4.73. The molecule has 174 valence electrons. The average Bonchev–Trinajstić information content (AvgIpc) is 3.17. The minimum absolute atomic E-state index is 0.142. The predicted molar refractivity (Wildman–Crippen MR) is 125 cm³/mol. The molecule has 0 N–H and O–H groups in total. The van der Waals surface area contributed by atoms with Crippen LogP contribution in [0.15, 0.2) is 72.5 Å². The molecule has 0 fully saturated rings. The van der Waals surface area contributed by atoms with Crippen LogP contribution in [-0.4, -0.2) is 32.6 Å². The Hall–Kier alpha value is -4.26. The van der Waals surface area contributed by atoms with Gasteiger partial charge in [-0.15, -0.1) is 0 Å². The van der Waals surface area contributed by atoms with Gasteiger partial charge in [-0.1, -0.05) is 30.3 Å². The minimum atomic E-state index is -0.952. The minimum Gasteiger partial charge on any atom is -0.497 e. The fourth-order valence-electron chi connectivity index (χ4n) is 3.57. The molecule has 0 saturated carbocycles. The van der Waals surface area contributed by atoms with Crippen LogP contribution in [0.25, 0.3) is 6.08 Å². The molecule has 4 rings (SSSR count). The zero-order valence-electron chi connectivity index (χ0n) is 19.1. The van der Waals surface area contributed by atoms with Crippen molar-refractivity contribution >= 4 is 17.8 Å². The molecule has 1 aliphatic heterocycles. The predicted octanol–water partition coefficient (Wildman–Crippen LogP) is 5.00. The van der Waals surface area contributed by atoms with Crippen LogP contribution in [0, 0.1) is 0 Å². The van der Waals surface area contributed by atoms with Crippen LogP contribution in [0.2, 0.25) is 0 Å². The van der Waals surface area contributed by atoms with E-state index in [9.17, 15) is 9.59 Å². The van der Waals surface area contributed by atoms with Crippen molar-refractivity contribution < 1.29 is 33.3 Å². The zero-order valence-corrected chi connectivity index (χ0v) is 19.1. The molecule has 0 saturated heterocycles. The first-order valence-corrected chi connectivity index (χ1v) is 10.7. The van der Waals surface area contributed by atoms with Gasteiger partial charge in [0.1, 0.15) is 23.0 Å². The van der Waals surface area contributed by atoms with Crippen molar-refractivity contribution in [2.45, 2.75) is 13.0 Å². The molecule has 0 spiro atoms. The van der Waals surface area contributed by atoms with E-state index in [0.29, 0.717) is 39.7 Å². The van der Waals surface area contributed by atoms with Crippen LogP contribution in [-0.2, 0) is 9.53 Å². The second kappa shape index (κ2) is 10.1. The van der Waals surface area contributed by atoms with Gasteiger partial charge in [-0.2, -0.15) is 0 Å². The first kappa shape index (κ1) is 22.9. The molecule has 0 radical (unpaired) electrons. The third-order valence-electron chi connectivity index (χ3n) is 5.22. The lowest BCUT2D eigenvalue weighted by atomic mass is 10.1. The van der Waals surface area contributed by atoms with Gasteiger partial charge in [-0.25, -0.2) is 4.79 Å². The van der Waals surface area contributed by atoms with Crippen LogP contribution in [0.3, 0.4) is 0 Å². The highest BCUT2D eigenvalue weighted by molar-refractivity contribution is 6.14. The Morgan fingerprint density at radius 1 is 0.971 bits per heavy atom. The number of hydrogen-bond donors (Lipinski definition) is 0. The van der Waals surface area contributed by atoms with Crippen LogP contribution in [0.1, 0.15) is 34.5 Å². The van der Waals surface area contributed by atoms with E-state index in [0.717, 1.165) is 0 Å². The number of rotatable bonds is 8. The van der Waals surface area contributed by atoms with Crippen molar-refractivity contribution in [1.82, 2.24) is 0 Å². The number of carbonyl (C=O) groups excluding carboxylic acids is 2. The first-order valence-electron chi connectivity index (χ1n) is 10.7. The number of fused-ring (bicyclic) bond motifs is 1. The standard InChI is InChI=1S/C27H24O7/c1-4-32-27(29)26(17-8-6-5-7-9-17)33-20-10-12-21-23(16-20)34-24(25(21)28)15-18-14-19(30-2)11-13-22(18)31-3/h5-16,26H,4H2,1-3H3/t26-/m1/s1. The van der Waals surface area contributed by atoms with E-state index in [1.807, 2.05) is 18.2 Å². The van der Waals surface area contributed by atoms with Crippen LogP contribution < -0.4 is 18.9 Å². The van der Waals surface area contributed by atoms with Gasteiger partial charge < -0.3 is 23.7 Å².